The number of anilines is 1. The van der Waals surface area contributed by atoms with E-state index in [1.54, 1.807) is 19.1 Å². The van der Waals surface area contributed by atoms with E-state index in [0.717, 1.165) is 16.8 Å². The van der Waals surface area contributed by atoms with Gasteiger partial charge < -0.3 is 10.3 Å². The second-order valence-corrected chi connectivity index (χ2v) is 3.80. The predicted molar refractivity (Wildman–Crippen MR) is 60.0 cm³/mol. The minimum atomic E-state index is -0.135. The van der Waals surface area contributed by atoms with E-state index in [0.29, 0.717) is 5.71 Å². The molecule has 1 aromatic rings. The second kappa shape index (κ2) is 3.38. The van der Waals surface area contributed by atoms with E-state index in [4.69, 9.17) is 0 Å². The number of nitrogens with zero attached hydrogens (tertiary/aromatic N) is 2. The first-order chi connectivity index (χ1) is 7.08. The number of hydrogen-bond acceptors (Lipinski definition) is 3. The average molecular weight is 203 g/mol. The topological polar surface area (TPSA) is 44.7 Å². The van der Waals surface area contributed by atoms with Crippen LogP contribution >= 0.6 is 0 Å². The van der Waals surface area contributed by atoms with Crippen molar-refractivity contribution >= 4 is 17.3 Å². The Morgan fingerprint density at radius 3 is 2.73 bits per heavy atom. The van der Waals surface area contributed by atoms with Crippen LogP contribution in [0.1, 0.15) is 11.1 Å². The van der Waals surface area contributed by atoms with Crippen LogP contribution in [0.5, 0.6) is 0 Å². The largest absolute Gasteiger partial charge is 0.320 e. The minimum absolute atomic E-state index is 0.135. The van der Waals surface area contributed by atoms with E-state index in [9.17, 15) is 4.79 Å². The molecule has 0 spiro atoms. The number of carbonyl (C=O) groups is 1. The zero-order chi connectivity index (χ0) is 11.0. The molecule has 0 unspecified atom stereocenters. The highest BCUT2D eigenvalue weighted by molar-refractivity contribution is 6.53. The fourth-order valence-corrected chi connectivity index (χ4v) is 1.57. The molecular formula is C11H13N3O. The van der Waals surface area contributed by atoms with Gasteiger partial charge in [0.1, 0.15) is 0 Å². The number of rotatable bonds is 1. The number of hydrazone groups is 1. The highest BCUT2D eigenvalue weighted by atomic mass is 16.2. The Hall–Kier alpha value is -1.84. The molecule has 1 amide bonds. The predicted octanol–water partition coefficient (Wildman–Crippen LogP) is 1.21. The summed E-state index contributed by atoms with van der Waals surface area (Å²) < 4.78 is 0. The van der Waals surface area contributed by atoms with E-state index in [1.165, 1.54) is 0 Å². The van der Waals surface area contributed by atoms with Crippen molar-refractivity contribution in [1.29, 1.82) is 0 Å². The highest BCUT2D eigenvalue weighted by Gasteiger charge is 2.26. The molecule has 1 aliphatic heterocycles. The summed E-state index contributed by atoms with van der Waals surface area (Å²) in [5.74, 6) is -0.135. The van der Waals surface area contributed by atoms with Crippen LogP contribution in [0.25, 0.3) is 0 Å². The summed E-state index contributed by atoms with van der Waals surface area (Å²) in [6.07, 6.45) is 0. The molecule has 4 heteroatoms. The molecule has 15 heavy (non-hydrogen) atoms. The molecule has 0 radical (unpaired) electrons. The van der Waals surface area contributed by atoms with E-state index >= 15 is 0 Å². The monoisotopic (exact) mass is 203 g/mol. The maximum Gasteiger partial charge on any atom is 0.276 e. The van der Waals surface area contributed by atoms with Crippen molar-refractivity contribution in [3.63, 3.8) is 0 Å². The summed E-state index contributed by atoms with van der Waals surface area (Å²) >= 11 is 0. The molecular weight excluding hydrogens is 190 g/mol. The number of hydrogen-bond donors (Lipinski definition) is 1. The van der Waals surface area contributed by atoms with Gasteiger partial charge in [0.2, 0.25) is 0 Å². The van der Waals surface area contributed by atoms with Crippen LogP contribution in [-0.2, 0) is 4.79 Å². The van der Waals surface area contributed by atoms with Gasteiger partial charge in [-0.2, -0.15) is 5.10 Å². The molecule has 0 bridgehead atoms. The Bertz CT molecular complexity index is 449. The maximum atomic E-state index is 11.6. The van der Waals surface area contributed by atoms with Crippen molar-refractivity contribution in [1.82, 2.24) is 5.01 Å². The maximum absolute atomic E-state index is 11.6. The summed E-state index contributed by atoms with van der Waals surface area (Å²) in [5.41, 5.74) is 3.33. The van der Waals surface area contributed by atoms with Gasteiger partial charge >= 0.3 is 0 Å². The van der Waals surface area contributed by atoms with E-state index < -0.39 is 0 Å². The molecule has 1 aliphatic rings. The molecule has 0 fully saturated rings. The number of fused-ring (bicyclic) bond motifs is 1. The first kappa shape index (κ1) is 9.71. The van der Waals surface area contributed by atoms with E-state index in [1.807, 2.05) is 25.1 Å². The SMILES string of the molecule is Cc1ccc2c(c1)/C(=N/N(C)C)C(=O)N2. The lowest BCUT2D eigenvalue weighted by atomic mass is 10.1. The molecule has 0 saturated carbocycles. The fraction of sp³-hybridized carbons (Fsp3) is 0.273. The molecule has 0 saturated heterocycles. The van der Waals surface area contributed by atoms with Crippen molar-refractivity contribution in [3.8, 4) is 0 Å². The van der Waals surface area contributed by atoms with Crippen LogP contribution in [0.2, 0.25) is 0 Å². The van der Waals surface area contributed by atoms with Gasteiger partial charge in [-0.15, -0.1) is 0 Å². The summed E-state index contributed by atoms with van der Waals surface area (Å²) in [7, 11) is 3.60. The summed E-state index contributed by atoms with van der Waals surface area (Å²) in [6, 6.07) is 5.84. The first-order valence-corrected chi connectivity index (χ1v) is 4.76. The van der Waals surface area contributed by atoms with Crippen molar-refractivity contribution in [2.75, 3.05) is 19.4 Å². The number of nitrogens with one attached hydrogen (secondary N) is 1. The summed E-state index contributed by atoms with van der Waals surface area (Å²) in [6.45, 7) is 2.00. The molecule has 1 heterocycles. The normalized spacial score (nSPS) is 16.5. The molecule has 1 N–H and O–H groups in total. The molecule has 0 atom stereocenters. The van der Waals surface area contributed by atoms with Gasteiger partial charge in [-0.1, -0.05) is 11.6 Å². The Morgan fingerprint density at radius 2 is 2.07 bits per heavy atom. The van der Waals surface area contributed by atoms with E-state index in [-0.39, 0.29) is 5.91 Å². The molecule has 1 aromatic carbocycles. The van der Waals surface area contributed by atoms with Crippen LogP contribution in [-0.4, -0.2) is 30.7 Å². The Kier molecular flexibility index (Phi) is 2.19. The van der Waals surface area contributed by atoms with Crippen molar-refractivity contribution in [2.24, 2.45) is 5.10 Å². The Labute approximate surface area is 88.6 Å². The summed E-state index contributed by atoms with van der Waals surface area (Å²) in [5, 5.41) is 8.59. The van der Waals surface area contributed by atoms with Crippen LogP contribution in [0.3, 0.4) is 0 Å². The lowest BCUT2D eigenvalue weighted by molar-refractivity contribution is -0.110. The van der Waals surface area contributed by atoms with Gasteiger partial charge in [0.05, 0.1) is 5.69 Å². The van der Waals surface area contributed by atoms with Gasteiger partial charge in [-0.05, 0) is 19.1 Å². The van der Waals surface area contributed by atoms with Crippen molar-refractivity contribution in [3.05, 3.63) is 29.3 Å². The molecule has 4 nitrogen and oxygen atoms in total. The second-order valence-electron chi connectivity index (χ2n) is 3.80. The van der Waals surface area contributed by atoms with Crippen molar-refractivity contribution in [2.45, 2.75) is 6.92 Å². The highest BCUT2D eigenvalue weighted by Crippen LogP contribution is 2.24. The van der Waals surface area contributed by atoms with Gasteiger partial charge in [0.25, 0.3) is 5.91 Å². The standard InChI is InChI=1S/C11H13N3O/c1-7-4-5-9-8(6-7)10(11(15)12-9)13-14(2)3/h4-6H,1-3H3,(H,12,13,15). The van der Waals surface area contributed by atoms with Crippen LogP contribution in [0.4, 0.5) is 5.69 Å². The fourth-order valence-electron chi connectivity index (χ4n) is 1.57. The average Bonchev–Trinajstić information content (AvgIpc) is 2.43. The number of carbonyl (C=O) groups excluding carboxylic acids is 1. The van der Waals surface area contributed by atoms with Gasteiger partial charge in [0, 0.05) is 19.7 Å². The number of amides is 1. The lowest BCUT2D eigenvalue weighted by Gasteiger charge is -2.05. The molecule has 78 valence electrons. The van der Waals surface area contributed by atoms with E-state index in [2.05, 4.69) is 10.4 Å². The smallest absolute Gasteiger partial charge is 0.276 e. The number of aryl methyl sites for hydroxylation is 1. The van der Waals surface area contributed by atoms with Crippen LogP contribution < -0.4 is 5.32 Å². The van der Waals surface area contributed by atoms with Crippen molar-refractivity contribution < 1.29 is 4.79 Å². The van der Waals surface area contributed by atoms with Crippen LogP contribution in [0, 0.1) is 6.92 Å². The van der Waals surface area contributed by atoms with Gasteiger partial charge in [-0.3, -0.25) is 4.79 Å². The van der Waals surface area contributed by atoms with Gasteiger partial charge in [-0.25, -0.2) is 0 Å². The third-order valence-corrected chi connectivity index (χ3v) is 2.19. The van der Waals surface area contributed by atoms with Crippen LogP contribution in [0.15, 0.2) is 23.3 Å². The zero-order valence-corrected chi connectivity index (χ0v) is 9.03. The molecule has 0 aliphatic carbocycles. The quantitative estimate of drug-likeness (QED) is 0.697. The van der Waals surface area contributed by atoms with Gasteiger partial charge in [0.15, 0.2) is 5.71 Å². The summed E-state index contributed by atoms with van der Waals surface area (Å²) in [4.78, 5) is 11.6. The Morgan fingerprint density at radius 1 is 1.33 bits per heavy atom. The Balaban J connectivity index is 2.53. The lowest BCUT2D eigenvalue weighted by Crippen LogP contribution is -2.18. The molecule has 2 rings (SSSR count). The zero-order valence-electron chi connectivity index (χ0n) is 9.03. The third-order valence-electron chi connectivity index (χ3n) is 2.19. The third kappa shape index (κ3) is 1.70. The molecule has 0 aromatic heterocycles. The minimum Gasteiger partial charge on any atom is -0.320 e. The number of benzene rings is 1. The first-order valence-electron chi connectivity index (χ1n) is 4.76.